The van der Waals surface area contributed by atoms with Crippen molar-refractivity contribution in [1.82, 2.24) is 15.1 Å². The van der Waals surface area contributed by atoms with Crippen molar-refractivity contribution >= 4 is 28.2 Å². The van der Waals surface area contributed by atoms with E-state index in [1.807, 2.05) is 29.6 Å². The Bertz CT molecular complexity index is 1230. The molecule has 0 bridgehead atoms. The number of carbonyl (C=O) groups is 1. The highest BCUT2D eigenvalue weighted by Gasteiger charge is 2.30. The van der Waals surface area contributed by atoms with E-state index in [4.69, 9.17) is 8.83 Å². The Labute approximate surface area is 169 Å². The van der Waals surface area contributed by atoms with E-state index in [2.05, 4.69) is 10.2 Å². The van der Waals surface area contributed by atoms with Crippen LogP contribution < -0.4 is 5.63 Å². The van der Waals surface area contributed by atoms with Crippen molar-refractivity contribution in [3.8, 4) is 10.8 Å². The second kappa shape index (κ2) is 7.29. The van der Waals surface area contributed by atoms with Gasteiger partial charge in [0.1, 0.15) is 11.1 Å². The topological polar surface area (TPSA) is 89.4 Å². The van der Waals surface area contributed by atoms with Crippen LogP contribution in [0.4, 0.5) is 0 Å². The summed E-state index contributed by atoms with van der Waals surface area (Å²) in [6, 6.07) is 12.6. The first kappa shape index (κ1) is 17.8. The van der Waals surface area contributed by atoms with Crippen molar-refractivity contribution in [2.75, 3.05) is 13.1 Å². The molecule has 0 saturated carbocycles. The minimum absolute atomic E-state index is 0.0501. The van der Waals surface area contributed by atoms with Crippen LogP contribution in [0.2, 0.25) is 0 Å². The van der Waals surface area contributed by atoms with Crippen molar-refractivity contribution in [3.63, 3.8) is 0 Å². The van der Waals surface area contributed by atoms with Crippen molar-refractivity contribution < 1.29 is 13.6 Å². The van der Waals surface area contributed by atoms with E-state index in [9.17, 15) is 9.59 Å². The summed E-state index contributed by atoms with van der Waals surface area (Å²) in [7, 11) is 0. The van der Waals surface area contributed by atoms with Crippen molar-refractivity contribution in [2.24, 2.45) is 0 Å². The molecule has 0 aliphatic carbocycles. The lowest BCUT2D eigenvalue weighted by molar-refractivity contribution is 0.0694. The number of carbonyl (C=O) groups excluding carboxylic acids is 1. The summed E-state index contributed by atoms with van der Waals surface area (Å²) in [6.07, 6.45) is 1.65. The number of amides is 1. The Balaban J connectivity index is 1.39. The lowest BCUT2D eigenvalue weighted by Crippen LogP contribution is -2.40. The maximum absolute atomic E-state index is 13.0. The predicted octanol–water partition coefficient (Wildman–Crippen LogP) is 3.92. The zero-order valence-electron chi connectivity index (χ0n) is 15.4. The van der Waals surface area contributed by atoms with Gasteiger partial charge in [-0.05, 0) is 36.4 Å². The molecule has 0 N–H and O–H groups in total. The van der Waals surface area contributed by atoms with Gasteiger partial charge in [0.2, 0.25) is 5.89 Å². The first-order valence-electron chi connectivity index (χ1n) is 9.38. The van der Waals surface area contributed by atoms with Gasteiger partial charge in [-0.25, -0.2) is 4.79 Å². The third-order valence-electron chi connectivity index (χ3n) is 5.10. The zero-order chi connectivity index (χ0) is 19.8. The van der Waals surface area contributed by atoms with Gasteiger partial charge in [0.15, 0.2) is 0 Å². The molecule has 0 unspecified atom stereocenters. The standard InChI is InChI=1S/C21H17N3O4S/c25-20(15-11-13-5-1-2-7-16(13)27-21(15)26)24-9-3-6-14(12-24)18-22-23-19(28-18)17-8-4-10-29-17/h1-2,4-5,7-8,10-11,14H,3,6,9,12H2/t14-/m1/s1. The van der Waals surface area contributed by atoms with Crippen LogP contribution in [0.3, 0.4) is 0 Å². The third kappa shape index (κ3) is 3.36. The summed E-state index contributed by atoms with van der Waals surface area (Å²) >= 11 is 1.54. The van der Waals surface area contributed by atoms with Crippen LogP contribution in [0.15, 0.2) is 61.5 Å². The molecule has 7 nitrogen and oxygen atoms in total. The Hall–Kier alpha value is -3.26. The summed E-state index contributed by atoms with van der Waals surface area (Å²) < 4.78 is 11.2. The molecule has 0 spiro atoms. The van der Waals surface area contributed by atoms with Crippen LogP contribution in [-0.2, 0) is 0 Å². The fourth-order valence-electron chi connectivity index (χ4n) is 3.64. The molecular formula is C21H17N3O4S. The van der Waals surface area contributed by atoms with E-state index in [-0.39, 0.29) is 17.4 Å². The van der Waals surface area contributed by atoms with Gasteiger partial charge >= 0.3 is 5.63 Å². The number of benzene rings is 1. The minimum Gasteiger partial charge on any atom is -0.422 e. The van der Waals surface area contributed by atoms with Crippen LogP contribution in [0.1, 0.15) is 35.0 Å². The van der Waals surface area contributed by atoms with Crippen LogP contribution in [0.25, 0.3) is 21.7 Å². The molecule has 1 atom stereocenters. The maximum atomic E-state index is 13.0. The summed E-state index contributed by atoms with van der Waals surface area (Å²) in [5, 5.41) is 11.0. The number of nitrogens with zero attached hydrogens (tertiary/aromatic N) is 3. The molecule has 146 valence electrons. The number of thiophene rings is 1. The van der Waals surface area contributed by atoms with Gasteiger partial charge in [0.25, 0.3) is 11.8 Å². The summed E-state index contributed by atoms with van der Waals surface area (Å²) in [5.74, 6) is 0.638. The molecule has 1 fully saturated rings. The first-order valence-corrected chi connectivity index (χ1v) is 10.3. The van der Waals surface area contributed by atoms with Crippen LogP contribution in [-0.4, -0.2) is 34.1 Å². The number of hydrogen-bond donors (Lipinski definition) is 0. The van der Waals surface area contributed by atoms with Gasteiger partial charge in [-0.3, -0.25) is 4.79 Å². The molecule has 4 heterocycles. The van der Waals surface area contributed by atoms with Crippen LogP contribution in [0.5, 0.6) is 0 Å². The molecule has 1 amide bonds. The van der Waals surface area contributed by atoms with Crippen molar-refractivity contribution in [1.29, 1.82) is 0 Å². The van der Waals surface area contributed by atoms with Crippen LogP contribution >= 0.6 is 11.3 Å². The molecule has 1 saturated heterocycles. The summed E-state index contributed by atoms with van der Waals surface area (Å²) in [5.41, 5.74) is -0.0970. The largest absolute Gasteiger partial charge is 0.422 e. The summed E-state index contributed by atoms with van der Waals surface area (Å²) in [6.45, 7) is 1.00. The smallest absolute Gasteiger partial charge is 0.349 e. The number of aromatic nitrogens is 2. The number of piperidine rings is 1. The maximum Gasteiger partial charge on any atom is 0.349 e. The number of para-hydroxylation sites is 1. The Morgan fingerprint density at radius 2 is 2.03 bits per heavy atom. The highest BCUT2D eigenvalue weighted by molar-refractivity contribution is 7.13. The molecule has 1 aromatic carbocycles. The Morgan fingerprint density at radius 3 is 2.90 bits per heavy atom. The normalized spacial score (nSPS) is 17.0. The second-order valence-corrected chi connectivity index (χ2v) is 7.95. The van der Waals surface area contributed by atoms with E-state index in [0.29, 0.717) is 30.5 Å². The zero-order valence-corrected chi connectivity index (χ0v) is 16.2. The monoisotopic (exact) mass is 407 g/mol. The average Bonchev–Trinajstić information content (AvgIpc) is 3.45. The SMILES string of the molecule is O=C(c1cc2ccccc2oc1=O)N1CCC[C@@H](c2nnc(-c3cccs3)o2)C1. The van der Waals surface area contributed by atoms with Crippen molar-refractivity contribution in [2.45, 2.75) is 18.8 Å². The number of fused-ring (bicyclic) bond motifs is 1. The molecule has 1 aliphatic rings. The van der Waals surface area contributed by atoms with Gasteiger partial charge in [-0.2, -0.15) is 0 Å². The highest BCUT2D eigenvalue weighted by atomic mass is 32.1. The molecule has 4 aromatic rings. The van der Waals surface area contributed by atoms with Gasteiger partial charge in [-0.1, -0.05) is 24.3 Å². The lowest BCUT2D eigenvalue weighted by atomic mass is 9.97. The van der Waals surface area contributed by atoms with E-state index in [0.717, 1.165) is 23.1 Å². The fraction of sp³-hybridized carbons (Fsp3) is 0.238. The quantitative estimate of drug-likeness (QED) is 0.478. The van der Waals surface area contributed by atoms with Gasteiger partial charge < -0.3 is 13.7 Å². The fourth-order valence-corrected chi connectivity index (χ4v) is 4.29. The van der Waals surface area contributed by atoms with E-state index in [1.165, 1.54) is 11.3 Å². The average molecular weight is 407 g/mol. The number of rotatable bonds is 3. The van der Waals surface area contributed by atoms with E-state index in [1.54, 1.807) is 23.1 Å². The lowest BCUT2D eigenvalue weighted by Gasteiger charge is -2.30. The molecule has 29 heavy (non-hydrogen) atoms. The van der Waals surface area contributed by atoms with Gasteiger partial charge in [0.05, 0.1) is 10.8 Å². The second-order valence-electron chi connectivity index (χ2n) is 7.00. The number of likely N-dealkylation sites (tertiary alicyclic amines) is 1. The Kier molecular flexibility index (Phi) is 4.48. The predicted molar refractivity (Wildman–Crippen MR) is 108 cm³/mol. The number of hydrogen-bond acceptors (Lipinski definition) is 7. The van der Waals surface area contributed by atoms with E-state index >= 15 is 0 Å². The summed E-state index contributed by atoms with van der Waals surface area (Å²) in [4.78, 5) is 28.0. The third-order valence-corrected chi connectivity index (χ3v) is 5.96. The molecule has 1 aliphatic heterocycles. The molecule has 0 radical (unpaired) electrons. The Morgan fingerprint density at radius 1 is 1.14 bits per heavy atom. The first-order chi connectivity index (χ1) is 14.2. The van der Waals surface area contributed by atoms with E-state index < -0.39 is 5.63 Å². The molecule has 3 aromatic heterocycles. The minimum atomic E-state index is -0.617. The molecule has 5 rings (SSSR count). The molecular weight excluding hydrogens is 390 g/mol. The van der Waals surface area contributed by atoms with Gasteiger partial charge in [-0.15, -0.1) is 21.5 Å². The molecule has 8 heteroatoms. The van der Waals surface area contributed by atoms with Crippen LogP contribution in [0, 0.1) is 0 Å². The van der Waals surface area contributed by atoms with Crippen molar-refractivity contribution in [3.05, 3.63) is 69.7 Å². The highest BCUT2D eigenvalue weighted by Crippen LogP contribution is 2.30. The van der Waals surface area contributed by atoms with Gasteiger partial charge in [0, 0.05) is 18.5 Å².